The Labute approximate surface area is 79.9 Å². The van der Waals surface area contributed by atoms with Crippen molar-refractivity contribution in [1.29, 1.82) is 0 Å². The lowest BCUT2D eigenvalue weighted by atomic mass is 10.4. The maximum Gasteiger partial charge on any atom is 0.279 e. The molecule has 0 saturated carbocycles. The Balaban J connectivity index is 4.38. The van der Waals surface area contributed by atoms with Crippen molar-refractivity contribution in [2.45, 2.75) is 26.8 Å². The summed E-state index contributed by atoms with van der Waals surface area (Å²) in [4.78, 5) is 0. The zero-order valence-electron chi connectivity index (χ0n) is 8.32. The predicted molar refractivity (Wildman–Crippen MR) is 51.5 cm³/mol. The molecule has 0 aromatic carbocycles. The van der Waals surface area contributed by atoms with Crippen LogP contribution < -0.4 is 4.72 Å². The average molecular weight is 210 g/mol. The molecule has 0 bridgehead atoms. The summed E-state index contributed by atoms with van der Waals surface area (Å²) in [6.07, 6.45) is 0. The van der Waals surface area contributed by atoms with E-state index in [0.717, 1.165) is 0 Å². The van der Waals surface area contributed by atoms with Crippen LogP contribution in [0.4, 0.5) is 0 Å². The van der Waals surface area contributed by atoms with Crippen LogP contribution in [0.15, 0.2) is 0 Å². The largest absolute Gasteiger partial charge is 0.395 e. The first-order valence-electron chi connectivity index (χ1n) is 4.36. The van der Waals surface area contributed by atoms with E-state index in [0.29, 0.717) is 13.1 Å². The number of hydrogen-bond acceptors (Lipinski definition) is 3. The molecule has 2 N–H and O–H groups in total. The second-order valence-electron chi connectivity index (χ2n) is 2.79. The number of aliphatic hydroxyl groups excluding tert-OH is 1. The van der Waals surface area contributed by atoms with E-state index in [1.165, 1.54) is 4.31 Å². The van der Waals surface area contributed by atoms with E-state index < -0.39 is 16.3 Å². The molecular formula is C7H18N2O3S. The molecule has 6 heteroatoms. The minimum atomic E-state index is -3.41. The van der Waals surface area contributed by atoms with Gasteiger partial charge in [-0.1, -0.05) is 13.8 Å². The van der Waals surface area contributed by atoms with E-state index in [1.807, 2.05) is 0 Å². The number of aliphatic hydroxyl groups is 1. The van der Waals surface area contributed by atoms with Crippen molar-refractivity contribution in [1.82, 2.24) is 9.03 Å². The monoisotopic (exact) mass is 210 g/mol. The third-order valence-corrected chi connectivity index (χ3v) is 3.57. The van der Waals surface area contributed by atoms with Gasteiger partial charge in [0, 0.05) is 19.1 Å². The number of nitrogens with one attached hydrogen (secondary N) is 1. The molecule has 0 aromatic rings. The molecule has 0 unspecified atom stereocenters. The quantitative estimate of drug-likeness (QED) is 0.623. The van der Waals surface area contributed by atoms with Crippen molar-refractivity contribution < 1.29 is 13.5 Å². The van der Waals surface area contributed by atoms with Gasteiger partial charge in [0.2, 0.25) is 0 Å². The Morgan fingerprint density at radius 1 is 1.38 bits per heavy atom. The highest BCUT2D eigenvalue weighted by Crippen LogP contribution is 1.97. The van der Waals surface area contributed by atoms with Gasteiger partial charge in [0.1, 0.15) is 0 Å². The summed E-state index contributed by atoms with van der Waals surface area (Å²) in [6, 6.07) is -0.439. The van der Waals surface area contributed by atoms with Crippen LogP contribution in [0.3, 0.4) is 0 Å². The summed E-state index contributed by atoms with van der Waals surface area (Å²) in [7, 11) is -3.41. The summed E-state index contributed by atoms with van der Waals surface area (Å²) < 4.78 is 26.6. The molecule has 0 rings (SSSR count). The van der Waals surface area contributed by atoms with Crippen molar-refractivity contribution in [3.63, 3.8) is 0 Å². The van der Waals surface area contributed by atoms with Gasteiger partial charge in [-0.3, -0.25) is 0 Å². The Kier molecular flexibility index (Phi) is 5.46. The molecule has 13 heavy (non-hydrogen) atoms. The molecule has 1 atom stereocenters. The molecule has 5 nitrogen and oxygen atoms in total. The Morgan fingerprint density at radius 2 is 1.85 bits per heavy atom. The van der Waals surface area contributed by atoms with Crippen LogP contribution in [-0.2, 0) is 10.2 Å². The maximum absolute atomic E-state index is 11.5. The van der Waals surface area contributed by atoms with Crippen LogP contribution in [0, 0.1) is 0 Å². The van der Waals surface area contributed by atoms with E-state index >= 15 is 0 Å². The van der Waals surface area contributed by atoms with Gasteiger partial charge in [0.15, 0.2) is 0 Å². The SMILES string of the molecule is CCN(CC)S(=O)(=O)N[C@@H](C)CO. The Hall–Kier alpha value is -0.170. The van der Waals surface area contributed by atoms with Gasteiger partial charge in [0.25, 0.3) is 10.2 Å². The zero-order valence-corrected chi connectivity index (χ0v) is 9.13. The highest BCUT2D eigenvalue weighted by Gasteiger charge is 2.19. The van der Waals surface area contributed by atoms with Gasteiger partial charge >= 0.3 is 0 Å². The molecule has 0 saturated heterocycles. The highest BCUT2D eigenvalue weighted by atomic mass is 32.2. The number of hydrogen-bond donors (Lipinski definition) is 2. The van der Waals surface area contributed by atoms with Gasteiger partial charge < -0.3 is 5.11 Å². The molecular weight excluding hydrogens is 192 g/mol. The predicted octanol–water partition coefficient (Wildman–Crippen LogP) is -0.457. The topological polar surface area (TPSA) is 69.6 Å². The second-order valence-corrected chi connectivity index (χ2v) is 4.49. The molecule has 0 aliphatic heterocycles. The first-order chi connectivity index (χ1) is 5.97. The first kappa shape index (κ1) is 12.8. The van der Waals surface area contributed by atoms with Crippen LogP contribution >= 0.6 is 0 Å². The molecule has 0 aliphatic carbocycles. The molecule has 0 aromatic heterocycles. The fourth-order valence-corrected chi connectivity index (χ4v) is 2.34. The molecule has 0 spiro atoms. The van der Waals surface area contributed by atoms with Crippen molar-refractivity contribution in [2.75, 3.05) is 19.7 Å². The van der Waals surface area contributed by atoms with E-state index in [1.54, 1.807) is 20.8 Å². The van der Waals surface area contributed by atoms with Gasteiger partial charge in [-0.25, -0.2) is 0 Å². The smallest absolute Gasteiger partial charge is 0.279 e. The maximum atomic E-state index is 11.5. The molecule has 0 heterocycles. The fourth-order valence-electron chi connectivity index (χ4n) is 0.930. The molecule has 80 valence electrons. The lowest BCUT2D eigenvalue weighted by Crippen LogP contribution is -2.45. The average Bonchev–Trinajstić information content (AvgIpc) is 2.05. The summed E-state index contributed by atoms with van der Waals surface area (Å²) in [5.74, 6) is 0. The van der Waals surface area contributed by atoms with Gasteiger partial charge in [-0.2, -0.15) is 17.4 Å². The molecule has 0 amide bonds. The summed E-state index contributed by atoms with van der Waals surface area (Å²) in [6.45, 7) is 5.83. The lowest BCUT2D eigenvalue weighted by Gasteiger charge is -2.21. The van der Waals surface area contributed by atoms with Crippen molar-refractivity contribution in [3.8, 4) is 0 Å². The standard InChI is InChI=1S/C7H18N2O3S/c1-4-9(5-2)13(11,12)8-7(3)6-10/h7-8,10H,4-6H2,1-3H3/t7-/m0/s1. The van der Waals surface area contributed by atoms with E-state index in [-0.39, 0.29) is 6.61 Å². The van der Waals surface area contributed by atoms with Crippen LogP contribution in [0.1, 0.15) is 20.8 Å². The minimum Gasteiger partial charge on any atom is -0.395 e. The van der Waals surface area contributed by atoms with Crippen molar-refractivity contribution in [3.05, 3.63) is 0 Å². The minimum absolute atomic E-state index is 0.194. The van der Waals surface area contributed by atoms with Crippen molar-refractivity contribution in [2.24, 2.45) is 0 Å². The van der Waals surface area contributed by atoms with Crippen LogP contribution in [0.2, 0.25) is 0 Å². The summed E-state index contributed by atoms with van der Waals surface area (Å²) in [5, 5.41) is 8.68. The molecule has 0 radical (unpaired) electrons. The summed E-state index contributed by atoms with van der Waals surface area (Å²) in [5.41, 5.74) is 0. The first-order valence-corrected chi connectivity index (χ1v) is 5.80. The Bertz CT molecular complexity index is 224. The normalized spacial score (nSPS) is 14.8. The molecule has 0 fully saturated rings. The summed E-state index contributed by atoms with van der Waals surface area (Å²) >= 11 is 0. The van der Waals surface area contributed by atoms with Crippen LogP contribution in [-0.4, -0.2) is 43.6 Å². The van der Waals surface area contributed by atoms with E-state index in [9.17, 15) is 8.42 Å². The van der Waals surface area contributed by atoms with Crippen molar-refractivity contribution >= 4 is 10.2 Å². The lowest BCUT2D eigenvalue weighted by molar-refractivity contribution is 0.262. The van der Waals surface area contributed by atoms with Crippen LogP contribution in [0.25, 0.3) is 0 Å². The van der Waals surface area contributed by atoms with Gasteiger partial charge in [0.05, 0.1) is 6.61 Å². The van der Waals surface area contributed by atoms with Gasteiger partial charge in [-0.05, 0) is 6.92 Å². The third kappa shape index (κ3) is 4.04. The van der Waals surface area contributed by atoms with Gasteiger partial charge in [-0.15, -0.1) is 0 Å². The second kappa shape index (κ2) is 5.54. The fraction of sp³-hybridized carbons (Fsp3) is 1.00. The van der Waals surface area contributed by atoms with E-state index in [4.69, 9.17) is 5.11 Å². The zero-order chi connectivity index (χ0) is 10.5. The van der Waals surface area contributed by atoms with E-state index in [2.05, 4.69) is 4.72 Å². The number of nitrogens with zero attached hydrogens (tertiary/aromatic N) is 1. The number of rotatable bonds is 6. The third-order valence-electron chi connectivity index (χ3n) is 1.67. The highest BCUT2D eigenvalue weighted by molar-refractivity contribution is 7.87. The Morgan fingerprint density at radius 3 is 2.15 bits per heavy atom. The van der Waals surface area contributed by atoms with Crippen LogP contribution in [0.5, 0.6) is 0 Å². The molecule has 0 aliphatic rings.